The van der Waals surface area contributed by atoms with E-state index in [0.29, 0.717) is 23.5 Å². The number of nitro groups is 1. The number of carbonyl (C=O) groups excluding carboxylic acids is 2. The molecule has 0 aromatic heterocycles. The number of ether oxygens (including phenoxy) is 4. The Bertz CT molecular complexity index is 1680. The molecule has 0 saturated carbocycles. The van der Waals surface area contributed by atoms with Crippen LogP contribution in [0.1, 0.15) is 42.5 Å². The van der Waals surface area contributed by atoms with Crippen molar-refractivity contribution in [1.29, 1.82) is 0 Å². The molecule has 2 aliphatic rings. The number of nitrogens with zero attached hydrogens (tertiary/aromatic N) is 3. The molecule has 5 rings (SSSR count). The smallest absolute Gasteiger partial charge is 0.336 e. The van der Waals surface area contributed by atoms with Gasteiger partial charge in [-0.05, 0) is 54.8 Å². The minimum atomic E-state index is -0.905. The van der Waals surface area contributed by atoms with Crippen molar-refractivity contribution >= 4 is 17.6 Å². The molecule has 1 fully saturated rings. The zero-order valence-electron chi connectivity index (χ0n) is 28.4. The van der Waals surface area contributed by atoms with Crippen LogP contribution in [0, 0.1) is 10.1 Å². The fraction of sp³-hybridized carbons (Fsp3) is 0.351. The molecule has 3 aromatic rings. The van der Waals surface area contributed by atoms with Gasteiger partial charge >= 0.3 is 11.9 Å². The molecule has 0 aliphatic carbocycles. The van der Waals surface area contributed by atoms with Crippen molar-refractivity contribution in [3.63, 3.8) is 0 Å². The fourth-order valence-corrected chi connectivity index (χ4v) is 6.57. The van der Waals surface area contributed by atoms with Crippen LogP contribution >= 0.6 is 0 Å². The predicted octanol–water partition coefficient (Wildman–Crippen LogP) is 4.97. The van der Waals surface area contributed by atoms with Gasteiger partial charge in [-0.15, -0.1) is 0 Å². The van der Waals surface area contributed by atoms with Crippen molar-refractivity contribution < 1.29 is 33.5 Å². The molecular weight excluding hydrogens is 628 g/mol. The van der Waals surface area contributed by atoms with Crippen LogP contribution in [0.4, 0.5) is 5.69 Å². The second kappa shape index (κ2) is 15.8. The molecule has 1 atom stereocenters. The number of esters is 2. The number of non-ortho nitro benzene ring substituents is 1. The molecule has 12 heteroatoms. The van der Waals surface area contributed by atoms with Crippen LogP contribution < -0.4 is 14.8 Å². The van der Waals surface area contributed by atoms with Gasteiger partial charge in [0, 0.05) is 56.3 Å². The number of dihydropyridines is 1. The molecule has 1 saturated heterocycles. The highest BCUT2D eigenvalue weighted by molar-refractivity contribution is 5.99. The zero-order chi connectivity index (χ0) is 35.1. The maximum absolute atomic E-state index is 13.7. The second-order valence-electron chi connectivity index (χ2n) is 11.9. The molecule has 3 aromatic carbocycles. The van der Waals surface area contributed by atoms with E-state index in [4.69, 9.17) is 18.9 Å². The minimum Gasteiger partial charge on any atom is -0.497 e. The molecular formula is C37H42N4O8. The highest BCUT2D eigenvalue weighted by Gasteiger charge is 2.38. The minimum absolute atomic E-state index is 0.0387. The van der Waals surface area contributed by atoms with Gasteiger partial charge in [-0.3, -0.25) is 19.9 Å². The van der Waals surface area contributed by atoms with Gasteiger partial charge in [0.05, 0.1) is 49.4 Å². The third-order valence-corrected chi connectivity index (χ3v) is 9.08. The number of piperazine rings is 1. The number of hydrogen-bond donors (Lipinski definition) is 1. The summed E-state index contributed by atoms with van der Waals surface area (Å²) in [5, 5.41) is 14.7. The standard InChI is InChI=1S/C37H42N4O8/c1-24-32(36(42)48-5)34(28-7-6-8-29(23-28)41(44)45)33(25(2)38-24)37(43)49-22-21-39-17-19-40(20-18-39)35(26-9-13-30(46-3)14-10-26)27-11-15-31(47-4)16-12-27/h6-16,23,34-35,38H,17-22H2,1-5H3. The predicted molar refractivity (Wildman–Crippen MR) is 183 cm³/mol. The number of carbonyl (C=O) groups is 2. The Morgan fingerprint density at radius 1 is 0.837 bits per heavy atom. The number of rotatable bonds is 12. The summed E-state index contributed by atoms with van der Waals surface area (Å²) in [7, 11) is 4.57. The molecule has 12 nitrogen and oxygen atoms in total. The summed E-state index contributed by atoms with van der Waals surface area (Å²) in [5.41, 5.74) is 3.99. The lowest BCUT2D eigenvalue weighted by atomic mass is 9.80. The Labute approximate surface area is 286 Å². The van der Waals surface area contributed by atoms with E-state index in [9.17, 15) is 19.7 Å². The summed E-state index contributed by atoms with van der Waals surface area (Å²) in [5.74, 6) is -0.545. The van der Waals surface area contributed by atoms with E-state index in [0.717, 1.165) is 48.8 Å². The van der Waals surface area contributed by atoms with Crippen LogP contribution in [0.25, 0.3) is 0 Å². The number of benzene rings is 3. The van der Waals surface area contributed by atoms with Gasteiger partial charge < -0.3 is 24.3 Å². The Morgan fingerprint density at radius 3 is 1.90 bits per heavy atom. The third-order valence-electron chi connectivity index (χ3n) is 9.08. The third kappa shape index (κ3) is 7.93. The van der Waals surface area contributed by atoms with Crippen LogP contribution in [0.3, 0.4) is 0 Å². The van der Waals surface area contributed by atoms with Gasteiger partial charge in [0.1, 0.15) is 18.1 Å². The first-order valence-corrected chi connectivity index (χ1v) is 16.1. The molecule has 0 amide bonds. The van der Waals surface area contributed by atoms with E-state index in [1.165, 1.54) is 25.3 Å². The zero-order valence-corrected chi connectivity index (χ0v) is 28.4. The molecule has 1 unspecified atom stereocenters. The first-order valence-electron chi connectivity index (χ1n) is 16.1. The van der Waals surface area contributed by atoms with E-state index in [2.05, 4.69) is 39.4 Å². The molecule has 49 heavy (non-hydrogen) atoms. The summed E-state index contributed by atoms with van der Waals surface area (Å²) < 4.78 is 21.6. The van der Waals surface area contributed by atoms with Crippen molar-refractivity contribution in [2.45, 2.75) is 25.8 Å². The molecule has 258 valence electrons. The monoisotopic (exact) mass is 670 g/mol. The van der Waals surface area contributed by atoms with Gasteiger partial charge in [0.2, 0.25) is 0 Å². The largest absolute Gasteiger partial charge is 0.497 e. The summed E-state index contributed by atoms with van der Waals surface area (Å²) in [4.78, 5) is 42.4. The number of methoxy groups -OCH3 is 3. The first-order chi connectivity index (χ1) is 23.6. The van der Waals surface area contributed by atoms with Crippen molar-refractivity contribution in [2.24, 2.45) is 0 Å². The maximum Gasteiger partial charge on any atom is 0.336 e. The average Bonchev–Trinajstić information content (AvgIpc) is 3.12. The number of nitrogens with one attached hydrogen (secondary N) is 1. The topological polar surface area (TPSA) is 133 Å². The lowest BCUT2D eigenvalue weighted by molar-refractivity contribution is -0.384. The summed E-state index contributed by atoms with van der Waals surface area (Å²) >= 11 is 0. The highest BCUT2D eigenvalue weighted by atomic mass is 16.6. The molecule has 0 radical (unpaired) electrons. The van der Waals surface area contributed by atoms with Crippen molar-refractivity contribution in [1.82, 2.24) is 15.1 Å². The fourth-order valence-electron chi connectivity index (χ4n) is 6.57. The Balaban J connectivity index is 1.26. The van der Waals surface area contributed by atoms with Crippen LogP contribution in [-0.2, 0) is 19.1 Å². The van der Waals surface area contributed by atoms with Crippen LogP contribution in [-0.4, -0.2) is 87.3 Å². The van der Waals surface area contributed by atoms with E-state index in [-0.39, 0.29) is 29.5 Å². The van der Waals surface area contributed by atoms with E-state index < -0.39 is 22.8 Å². The molecule has 2 aliphatic heterocycles. The number of allylic oxidation sites excluding steroid dienone is 2. The van der Waals surface area contributed by atoms with Crippen molar-refractivity contribution in [3.8, 4) is 11.5 Å². The van der Waals surface area contributed by atoms with Crippen molar-refractivity contribution in [2.75, 3.05) is 60.7 Å². The van der Waals surface area contributed by atoms with Gasteiger partial charge in [0.15, 0.2) is 0 Å². The van der Waals surface area contributed by atoms with Gasteiger partial charge in [0.25, 0.3) is 5.69 Å². The molecule has 0 spiro atoms. The Hall–Kier alpha value is -5.20. The lowest BCUT2D eigenvalue weighted by Gasteiger charge is -2.39. The van der Waals surface area contributed by atoms with E-state index in [1.807, 2.05) is 24.3 Å². The number of nitro benzene ring substituents is 1. The van der Waals surface area contributed by atoms with Gasteiger partial charge in [-0.1, -0.05) is 36.4 Å². The van der Waals surface area contributed by atoms with E-state index in [1.54, 1.807) is 34.1 Å². The van der Waals surface area contributed by atoms with Crippen LogP contribution in [0.15, 0.2) is 95.3 Å². The van der Waals surface area contributed by atoms with Crippen LogP contribution in [0.2, 0.25) is 0 Å². The Kier molecular flexibility index (Phi) is 11.3. The first kappa shape index (κ1) is 35.1. The number of hydrogen-bond acceptors (Lipinski definition) is 11. The summed E-state index contributed by atoms with van der Waals surface area (Å²) in [6.45, 7) is 7.22. The molecule has 1 N–H and O–H groups in total. The van der Waals surface area contributed by atoms with Crippen LogP contribution in [0.5, 0.6) is 11.5 Å². The highest BCUT2D eigenvalue weighted by Crippen LogP contribution is 2.40. The summed E-state index contributed by atoms with van der Waals surface area (Å²) in [6.07, 6.45) is 0. The van der Waals surface area contributed by atoms with E-state index >= 15 is 0 Å². The van der Waals surface area contributed by atoms with Gasteiger partial charge in [-0.2, -0.15) is 0 Å². The maximum atomic E-state index is 13.7. The second-order valence-corrected chi connectivity index (χ2v) is 11.9. The molecule has 2 heterocycles. The van der Waals surface area contributed by atoms with Crippen molar-refractivity contribution in [3.05, 3.63) is 122 Å². The normalized spacial score (nSPS) is 17.1. The quantitative estimate of drug-likeness (QED) is 0.159. The SMILES string of the molecule is COC(=O)C1=C(C)NC(C)=C(C(=O)OCCN2CCN(C(c3ccc(OC)cc3)c3ccc(OC)cc3)CC2)C1c1cccc([N+](=O)[O-])c1. The van der Waals surface area contributed by atoms with Gasteiger partial charge in [-0.25, -0.2) is 9.59 Å². The Morgan fingerprint density at radius 2 is 1.39 bits per heavy atom. The average molecular weight is 671 g/mol. The lowest BCUT2D eigenvalue weighted by Crippen LogP contribution is -2.48. The molecule has 0 bridgehead atoms. The summed E-state index contributed by atoms with van der Waals surface area (Å²) in [6, 6.07) is 22.3.